The van der Waals surface area contributed by atoms with Crippen LogP contribution in [-0.2, 0) is 16.2 Å². The van der Waals surface area contributed by atoms with Gasteiger partial charge in [-0.15, -0.1) is 0 Å². The third-order valence-electron chi connectivity index (χ3n) is 4.13. The highest BCUT2D eigenvalue weighted by atomic mass is 32.2. The lowest BCUT2D eigenvalue weighted by atomic mass is 9.98. The molecule has 1 saturated heterocycles. The minimum atomic E-state index is -4.56. The molecule has 1 N–H and O–H groups in total. The molecule has 1 aliphatic carbocycles. The number of halogens is 3. The summed E-state index contributed by atoms with van der Waals surface area (Å²) in [5.41, 5.74) is -0.930. The molecule has 122 valence electrons. The van der Waals surface area contributed by atoms with Gasteiger partial charge in [0.2, 0.25) is 10.0 Å². The Morgan fingerprint density at radius 3 is 2.41 bits per heavy atom. The van der Waals surface area contributed by atoms with Gasteiger partial charge >= 0.3 is 6.18 Å². The number of hydrogen-bond donors (Lipinski definition) is 1. The van der Waals surface area contributed by atoms with E-state index in [-0.39, 0.29) is 18.5 Å². The maximum Gasteiger partial charge on any atom is 0.416 e. The number of benzene rings is 1. The van der Waals surface area contributed by atoms with Crippen LogP contribution in [0.1, 0.15) is 36.4 Å². The van der Waals surface area contributed by atoms with Crippen LogP contribution in [0, 0.1) is 0 Å². The maximum absolute atomic E-state index is 13.2. The van der Waals surface area contributed by atoms with Crippen LogP contribution in [0.15, 0.2) is 24.3 Å². The van der Waals surface area contributed by atoms with Crippen LogP contribution in [0.2, 0.25) is 0 Å². The summed E-state index contributed by atoms with van der Waals surface area (Å²) >= 11 is 0. The topological polar surface area (TPSA) is 57.6 Å². The summed E-state index contributed by atoms with van der Waals surface area (Å²) in [6.07, 6.45) is -4.46. The zero-order valence-electron chi connectivity index (χ0n) is 11.6. The zero-order valence-corrected chi connectivity index (χ0v) is 12.4. The summed E-state index contributed by atoms with van der Waals surface area (Å²) in [7, 11) is -3.65. The molecule has 0 amide bonds. The predicted molar refractivity (Wildman–Crippen MR) is 73.5 cm³/mol. The average Bonchev–Trinajstić information content (AvgIpc) is 3.21. The summed E-state index contributed by atoms with van der Waals surface area (Å²) in [4.78, 5) is 0. The Balaban J connectivity index is 2.03. The van der Waals surface area contributed by atoms with Crippen molar-refractivity contribution in [3.8, 4) is 0 Å². The molecule has 2 atom stereocenters. The summed E-state index contributed by atoms with van der Waals surface area (Å²) in [5, 5.41) is 9.29. The second-order valence-electron chi connectivity index (χ2n) is 5.80. The van der Waals surface area contributed by atoms with Crippen molar-refractivity contribution in [3.05, 3.63) is 35.4 Å². The van der Waals surface area contributed by atoms with E-state index in [1.807, 2.05) is 0 Å². The monoisotopic (exact) mass is 335 g/mol. The van der Waals surface area contributed by atoms with Gasteiger partial charge in [0.25, 0.3) is 0 Å². The Hall–Kier alpha value is -1.12. The number of rotatable bonds is 3. The van der Waals surface area contributed by atoms with Crippen LogP contribution < -0.4 is 0 Å². The number of nitrogens with zero attached hydrogens (tertiary/aromatic N) is 1. The van der Waals surface area contributed by atoms with E-state index in [0.29, 0.717) is 12.8 Å². The molecular weight excluding hydrogens is 319 g/mol. The normalized spacial score (nSPS) is 27.3. The Kier molecular flexibility index (Phi) is 3.73. The Morgan fingerprint density at radius 1 is 1.18 bits per heavy atom. The Labute approximate surface area is 126 Å². The molecule has 0 bridgehead atoms. The van der Waals surface area contributed by atoms with E-state index in [2.05, 4.69) is 0 Å². The van der Waals surface area contributed by atoms with Gasteiger partial charge in [0.05, 0.1) is 23.0 Å². The molecule has 2 aliphatic rings. The van der Waals surface area contributed by atoms with Crippen LogP contribution in [0.25, 0.3) is 0 Å². The van der Waals surface area contributed by atoms with Crippen molar-refractivity contribution in [1.29, 1.82) is 0 Å². The lowest BCUT2D eigenvalue weighted by Gasteiger charge is -2.26. The summed E-state index contributed by atoms with van der Waals surface area (Å²) in [6, 6.07) is 4.01. The highest BCUT2D eigenvalue weighted by molar-refractivity contribution is 7.90. The van der Waals surface area contributed by atoms with Crippen LogP contribution in [-0.4, -0.2) is 35.7 Å². The SMILES string of the molecule is O=S(=O)(C1CC1)N1C[C@@H](O)C[C@H]1c1ccccc1C(F)(F)F. The lowest BCUT2D eigenvalue weighted by molar-refractivity contribution is -0.138. The second kappa shape index (κ2) is 5.21. The van der Waals surface area contributed by atoms with Crippen molar-refractivity contribution < 1.29 is 26.7 Å². The first-order valence-electron chi connectivity index (χ1n) is 7.06. The standard InChI is InChI=1S/C14H16F3NO3S/c15-14(16,17)12-4-2-1-3-11(12)13-7-9(19)8-18(13)22(20,21)10-5-6-10/h1-4,9-10,13,19H,5-8H2/t9-,13-/m0/s1. The molecule has 3 rings (SSSR count). The van der Waals surface area contributed by atoms with Gasteiger partial charge in [-0.3, -0.25) is 0 Å². The smallest absolute Gasteiger partial charge is 0.392 e. The van der Waals surface area contributed by atoms with Crippen molar-refractivity contribution in [2.45, 2.75) is 42.8 Å². The summed E-state index contributed by atoms with van der Waals surface area (Å²) in [5.74, 6) is 0. The number of aliphatic hydroxyl groups excluding tert-OH is 1. The van der Waals surface area contributed by atoms with Gasteiger partial charge in [-0.2, -0.15) is 17.5 Å². The number of alkyl halides is 3. The number of β-amino-alcohol motifs (C(OH)–C–C–N with tert-alkyl or cyclic N) is 1. The van der Waals surface area contributed by atoms with Crippen LogP contribution in [0.4, 0.5) is 13.2 Å². The van der Waals surface area contributed by atoms with Crippen molar-refractivity contribution in [3.63, 3.8) is 0 Å². The van der Waals surface area contributed by atoms with Gasteiger partial charge in [-0.1, -0.05) is 18.2 Å². The quantitative estimate of drug-likeness (QED) is 0.922. The number of hydrogen-bond acceptors (Lipinski definition) is 3. The van der Waals surface area contributed by atoms with Gasteiger partial charge in [-0.05, 0) is 30.9 Å². The molecule has 0 radical (unpaired) electrons. The van der Waals surface area contributed by atoms with Gasteiger partial charge in [0.1, 0.15) is 0 Å². The predicted octanol–water partition coefficient (Wildman–Crippen LogP) is 2.31. The van der Waals surface area contributed by atoms with E-state index in [9.17, 15) is 26.7 Å². The average molecular weight is 335 g/mol. The molecule has 22 heavy (non-hydrogen) atoms. The van der Waals surface area contributed by atoms with Crippen molar-refractivity contribution in [2.75, 3.05) is 6.54 Å². The lowest BCUT2D eigenvalue weighted by Crippen LogP contribution is -2.35. The minimum Gasteiger partial charge on any atom is -0.392 e. The molecule has 1 heterocycles. The van der Waals surface area contributed by atoms with Crippen LogP contribution >= 0.6 is 0 Å². The Morgan fingerprint density at radius 2 is 1.82 bits per heavy atom. The molecule has 1 aromatic rings. The van der Waals surface area contributed by atoms with Crippen molar-refractivity contribution >= 4 is 10.0 Å². The van der Waals surface area contributed by atoms with Gasteiger partial charge in [0, 0.05) is 6.54 Å². The van der Waals surface area contributed by atoms with E-state index in [1.54, 1.807) is 0 Å². The van der Waals surface area contributed by atoms with Gasteiger partial charge < -0.3 is 5.11 Å². The second-order valence-corrected chi connectivity index (χ2v) is 7.97. The molecule has 1 saturated carbocycles. The third-order valence-corrected chi connectivity index (χ3v) is 6.50. The number of aliphatic hydroxyl groups is 1. The fraction of sp³-hybridized carbons (Fsp3) is 0.571. The van der Waals surface area contributed by atoms with Crippen molar-refractivity contribution in [1.82, 2.24) is 4.31 Å². The molecule has 0 unspecified atom stereocenters. The summed E-state index contributed by atoms with van der Waals surface area (Å²) in [6.45, 7) is -0.143. The highest BCUT2D eigenvalue weighted by Crippen LogP contribution is 2.44. The fourth-order valence-corrected chi connectivity index (χ4v) is 5.00. The molecule has 4 nitrogen and oxygen atoms in total. The van der Waals surface area contributed by atoms with Crippen LogP contribution in [0.3, 0.4) is 0 Å². The van der Waals surface area contributed by atoms with E-state index in [0.717, 1.165) is 10.4 Å². The molecule has 8 heteroatoms. The zero-order chi connectivity index (χ0) is 16.1. The molecule has 1 aromatic carbocycles. The Bertz CT molecular complexity index is 670. The first kappa shape index (κ1) is 15.8. The maximum atomic E-state index is 13.2. The first-order valence-corrected chi connectivity index (χ1v) is 8.56. The molecule has 0 spiro atoms. The highest BCUT2D eigenvalue weighted by Gasteiger charge is 2.48. The van der Waals surface area contributed by atoms with Gasteiger partial charge in [-0.25, -0.2) is 8.42 Å². The van der Waals surface area contributed by atoms with Crippen LogP contribution in [0.5, 0.6) is 0 Å². The van der Waals surface area contributed by atoms with E-state index < -0.39 is 39.2 Å². The largest absolute Gasteiger partial charge is 0.416 e. The molecule has 0 aromatic heterocycles. The van der Waals surface area contributed by atoms with E-state index in [1.165, 1.54) is 18.2 Å². The van der Waals surface area contributed by atoms with E-state index >= 15 is 0 Å². The molecular formula is C14H16F3NO3S. The minimum absolute atomic E-state index is 0.0148. The molecule has 2 fully saturated rings. The third kappa shape index (κ3) is 2.75. The number of sulfonamides is 1. The van der Waals surface area contributed by atoms with Gasteiger partial charge in [0.15, 0.2) is 0 Å². The summed E-state index contributed by atoms with van der Waals surface area (Å²) < 4.78 is 65.4. The van der Waals surface area contributed by atoms with Crippen molar-refractivity contribution in [2.24, 2.45) is 0 Å². The van der Waals surface area contributed by atoms with E-state index in [4.69, 9.17) is 0 Å². The fourth-order valence-electron chi connectivity index (χ4n) is 2.95. The molecule has 1 aliphatic heterocycles. The first-order chi connectivity index (χ1) is 10.2.